The van der Waals surface area contributed by atoms with E-state index >= 15 is 0 Å². The fourth-order valence-corrected chi connectivity index (χ4v) is 2.00. The van der Waals surface area contributed by atoms with E-state index < -0.39 is 11.9 Å². The summed E-state index contributed by atoms with van der Waals surface area (Å²) in [4.78, 5) is 11.3. The fourth-order valence-electron chi connectivity index (χ4n) is 2.00. The smallest absolute Gasteiger partial charge is 0.306 e. The lowest BCUT2D eigenvalue weighted by Crippen LogP contribution is -2.20. The zero-order valence-corrected chi connectivity index (χ0v) is 11.0. The largest absolute Gasteiger partial charge is 0.481 e. The van der Waals surface area contributed by atoms with Crippen LogP contribution in [0.5, 0.6) is 0 Å². The molecule has 0 saturated heterocycles. The van der Waals surface area contributed by atoms with Crippen molar-refractivity contribution in [2.45, 2.75) is 19.3 Å². The molecule has 0 bridgehead atoms. The molecule has 0 aliphatic carbocycles. The van der Waals surface area contributed by atoms with Crippen molar-refractivity contribution in [2.75, 3.05) is 6.54 Å². The number of nitrogens with two attached hydrogens (primary N) is 1. The van der Waals surface area contributed by atoms with Crippen molar-refractivity contribution in [3.8, 4) is 5.69 Å². The van der Waals surface area contributed by atoms with E-state index in [1.54, 1.807) is 4.68 Å². The molecule has 2 aromatic rings. The maximum absolute atomic E-state index is 11.3. The topological polar surface area (TPSA) is 107 Å². The van der Waals surface area contributed by atoms with Gasteiger partial charge in [0, 0.05) is 6.42 Å². The summed E-state index contributed by atoms with van der Waals surface area (Å²) in [5.74, 6) is -0.825. The zero-order valence-electron chi connectivity index (χ0n) is 11.0. The van der Waals surface area contributed by atoms with E-state index in [1.807, 2.05) is 30.3 Å². The van der Waals surface area contributed by atoms with Crippen LogP contribution in [0.2, 0.25) is 0 Å². The minimum atomic E-state index is -0.846. The lowest BCUT2D eigenvalue weighted by Gasteiger charge is -2.11. The second-order valence-electron chi connectivity index (χ2n) is 4.51. The summed E-state index contributed by atoms with van der Waals surface area (Å²) >= 11 is 0. The molecule has 7 heteroatoms. The van der Waals surface area contributed by atoms with Crippen molar-refractivity contribution < 1.29 is 9.90 Å². The van der Waals surface area contributed by atoms with Gasteiger partial charge in [-0.3, -0.25) is 4.79 Å². The molecule has 1 atom stereocenters. The van der Waals surface area contributed by atoms with Crippen molar-refractivity contribution in [3.05, 3.63) is 36.2 Å². The molecule has 1 unspecified atom stereocenters. The second kappa shape index (κ2) is 6.76. The molecule has 2 rings (SSSR count). The van der Waals surface area contributed by atoms with Crippen LogP contribution in [0.25, 0.3) is 5.69 Å². The van der Waals surface area contributed by atoms with Crippen LogP contribution in [0.3, 0.4) is 0 Å². The highest BCUT2D eigenvalue weighted by Crippen LogP contribution is 2.15. The number of carbonyl (C=O) groups is 1. The van der Waals surface area contributed by atoms with Crippen LogP contribution in [-0.2, 0) is 11.2 Å². The van der Waals surface area contributed by atoms with Crippen molar-refractivity contribution in [1.29, 1.82) is 0 Å². The van der Waals surface area contributed by atoms with Crippen molar-refractivity contribution in [1.82, 2.24) is 20.2 Å². The molecule has 3 N–H and O–H groups in total. The van der Waals surface area contributed by atoms with E-state index in [1.165, 1.54) is 0 Å². The van der Waals surface area contributed by atoms with Gasteiger partial charge in [-0.1, -0.05) is 18.2 Å². The van der Waals surface area contributed by atoms with Gasteiger partial charge < -0.3 is 10.8 Å². The molecule has 0 spiro atoms. The minimum absolute atomic E-state index is 0.289. The third-order valence-electron chi connectivity index (χ3n) is 3.07. The molecule has 0 radical (unpaired) electrons. The van der Waals surface area contributed by atoms with Crippen LogP contribution in [0.4, 0.5) is 0 Å². The molecule has 0 saturated carbocycles. The molecule has 106 valence electrons. The molecule has 0 amide bonds. The Hall–Kier alpha value is -2.28. The first kappa shape index (κ1) is 14.1. The Morgan fingerprint density at radius 2 is 2.10 bits per heavy atom. The molecule has 0 aliphatic heterocycles. The number of carboxylic acids is 1. The van der Waals surface area contributed by atoms with Gasteiger partial charge in [0.2, 0.25) is 0 Å². The summed E-state index contributed by atoms with van der Waals surface area (Å²) < 4.78 is 1.57. The average molecular weight is 275 g/mol. The number of tetrazole rings is 1. The van der Waals surface area contributed by atoms with Crippen LogP contribution in [0, 0.1) is 5.92 Å². The lowest BCUT2D eigenvalue weighted by molar-refractivity contribution is -0.142. The number of hydrogen-bond acceptors (Lipinski definition) is 5. The SMILES string of the molecule is NCCCC(Cc1nnnn1-c1ccccc1)C(=O)O. The van der Waals surface area contributed by atoms with Crippen molar-refractivity contribution in [3.63, 3.8) is 0 Å². The summed E-state index contributed by atoms with van der Waals surface area (Å²) in [6.45, 7) is 0.480. The van der Waals surface area contributed by atoms with Gasteiger partial charge in [-0.25, -0.2) is 0 Å². The first-order chi connectivity index (χ1) is 9.72. The minimum Gasteiger partial charge on any atom is -0.481 e. The predicted molar refractivity (Wildman–Crippen MR) is 72.3 cm³/mol. The summed E-state index contributed by atoms with van der Waals surface area (Å²) in [6, 6.07) is 9.40. The summed E-state index contributed by atoms with van der Waals surface area (Å²) in [5.41, 5.74) is 6.25. The second-order valence-corrected chi connectivity index (χ2v) is 4.51. The van der Waals surface area contributed by atoms with Gasteiger partial charge in [-0.2, -0.15) is 4.68 Å². The van der Waals surface area contributed by atoms with Crippen LogP contribution in [-0.4, -0.2) is 37.8 Å². The number of benzene rings is 1. The van der Waals surface area contributed by atoms with E-state index in [2.05, 4.69) is 15.5 Å². The highest BCUT2D eigenvalue weighted by atomic mass is 16.4. The van der Waals surface area contributed by atoms with E-state index in [4.69, 9.17) is 5.73 Å². The van der Waals surface area contributed by atoms with Crippen molar-refractivity contribution >= 4 is 5.97 Å². The Labute approximate surface area is 116 Å². The monoisotopic (exact) mass is 275 g/mol. The van der Waals surface area contributed by atoms with Gasteiger partial charge in [-0.05, 0) is 41.9 Å². The van der Waals surface area contributed by atoms with E-state index in [-0.39, 0.29) is 6.42 Å². The first-order valence-electron chi connectivity index (χ1n) is 6.48. The maximum atomic E-state index is 11.3. The zero-order chi connectivity index (χ0) is 14.4. The Balaban J connectivity index is 2.17. The molecule has 7 nitrogen and oxygen atoms in total. The molecular formula is C13H17N5O2. The molecule has 20 heavy (non-hydrogen) atoms. The summed E-state index contributed by atoms with van der Waals surface area (Å²) in [5, 5.41) is 20.7. The van der Waals surface area contributed by atoms with Gasteiger partial charge >= 0.3 is 5.97 Å². The normalized spacial score (nSPS) is 12.2. The van der Waals surface area contributed by atoms with Gasteiger partial charge in [-0.15, -0.1) is 5.10 Å². The highest BCUT2D eigenvalue weighted by Gasteiger charge is 2.21. The molecule has 1 aromatic heterocycles. The van der Waals surface area contributed by atoms with Crippen LogP contribution < -0.4 is 5.73 Å². The first-order valence-corrected chi connectivity index (χ1v) is 6.48. The van der Waals surface area contributed by atoms with Gasteiger partial charge in [0.05, 0.1) is 11.6 Å². The van der Waals surface area contributed by atoms with Crippen LogP contribution in [0.15, 0.2) is 30.3 Å². The number of aromatic nitrogens is 4. The third-order valence-corrected chi connectivity index (χ3v) is 3.07. The fraction of sp³-hybridized carbons (Fsp3) is 0.385. The van der Waals surface area contributed by atoms with E-state index in [0.717, 1.165) is 5.69 Å². The average Bonchev–Trinajstić information content (AvgIpc) is 2.92. The standard InChI is InChI=1S/C13H17N5O2/c14-8-4-5-10(13(19)20)9-12-15-16-17-18(12)11-6-2-1-3-7-11/h1-3,6-7,10H,4-5,8-9,14H2,(H,19,20). The highest BCUT2D eigenvalue weighted by molar-refractivity contribution is 5.70. The maximum Gasteiger partial charge on any atom is 0.306 e. The quantitative estimate of drug-likeness (QED) is 0.768. The molecule has 1 heterocycles. The molecule has 0 fully saturated rings. The third kappa shape index (κ3) is 3.39. The van der Waals surface area contributed by atoms with E-state index in [0.29, 0.717) is 25.2 Å². The number of para-hydroxylation sites is 1. The number of carboxylic acid groups (broad SMARTS) is 1. The Kier molecular flexibility index (Phi) is 4.78. The number of hydrogen-bond donors (Lipinski definition) is 2. The Morgan fingerprint density at radius 1 is 1.35 bits per heavy atom. The van der Waals surface area contributed by atoms with Crippen LogP contribution >= 0.6 is 0 Å². The molecule has 1 aromatic carbocycles. The van der Waals surface area contributed by atoms with Crippen molar-refractivity contribution in [2.24, 2.45) is 11.7 Å². The molecular weight excluding hydrogens is 258 g/mol. The van der Waals surface area contributed by atoms with E-state index in [9.17, 15) is 9.90 Å². The van der Waals surface area contributed by atoms with Gasteiger partial charge in [0.15, 0.2) is 5.82 Å². The lowest BCUT2D eigenvalue weighted by atomic mass is 9.99. The molecule has 0 aliphatic rings. The number of aliphatic carboxylic acids is 1. The van der Waals surface area contributed by atoms with Crippen LogP contribution in [0.1, 0.15) is 18.7 Å². The Bertz CT molecular complexity index is 555. The van der Waals surface area contributed by atoms with Gasteiger partial charge in [0.1, 0.15) is 0 Å². The Morgan fingerprint density at radius 3 is 2.75 bits per heavy atom. The predicted octanol–water partition coefficient (Wildman–Crippen LogP) is 0.644. The van der Waals surface area contributed by atoms with Gasteiger partial charge in [0.25, 0.3) is 0 Å². The summed E-state index contributed by atoms with van der Waals surface area (Å²) in [7, 11) is 0. The summed E-state index contributed by atoms with van der Waals surface area (Å²) in [6.07, 6.45) is 1.48. The number of nitrogens with zero attached hydrogens (tertiary/aromatic N) is 4. The number of rotatable bonds is 7.